The Bertz CT molecular complexity index is 571. The molecular weight excluding hydrogens is 300 g/mol. The number of carbonyl (C=O) groups excluding carboxylic acids is 2. The number of hydrogen-bond donors (Lipinski definition) is 0. The Kier molecular flexibility index (Phi) is 8.61. The van der Waals surface area contributed by atoms with Crippen LogP contribution in [0.5, 0.6) is 0 Å². The van der Waals surface area contributed by atoms with Crippen LogP contribution in [0.4, 0.5) is 0 Å². The number of hydrazine groups is 1. The van der Waals surface area contributed by atoms with Crippen molar-refractivity contribution in [3.63, 3.8) is 0 Å². The van der Waals surface area contributed by atoms with E-state index in [9.17, 15) is 9.59 Å². The third kappa shape index (κ3) is 6.07. The Morgan fingerprint density at radius 3 is 1.25 bits per heavy atom. The predicted molar refractivity (Wildman–Crippen MR) is 98.2 cm³/mol. The van der Waals surface area contributed by atoms with Gasteiger partial charge in [0, 0.05) is 38.3 Å². The van der Waals surface area contributed by atoms with Crippen molar-refractivity contribution in [2.75, 3.05) is 27.2 Å². The van der Waals surface area contributed by atoms with E-state index in [1.54, 1.807) is 48.5 Å². The summed E-state index contributed by atoms with van der Waals surface area (Å²) < 4.78 is 0. The van der Waals surface area contributed by atoms with Gasteiger partial charge in [-0.1, -0.05) is 74.5 Å². The van der Waals surface area contributed by atoms with Crippen molar-refractivity contribution in [3.8, 4) is 0 Å². The summed E-state index contributed by atoms with van der Waals surface area (Å²) >= 11 is 0. The van der Waals surface area contributed by atoms with E-state index in [0.717, 1.165) is 13.1 Å². The monoisotopic (exact) mass is 326 g/mol. The molecule has 4 heteroatoms. The fourth-order valence-electron chi connectivity index (χ4n) is 2.23. The maximum Gasteiger partial charge on any atom is 0.233 e. The third-order valence-electron chi connectivity index (χ3n) is 3.57. The Labute approximate surface area is 144 Å². The molecule has 0 heterocycles. The molecule has 24 heavy (non-hydrogen) atoms. The van der Waals surface area contributed by atoms with Crippen LogP contribution < -0.4 is 0 Å². The number of ketones is 2. The lowest BCUT2D eigenvalue weighted by atomic mass is 10.0. The smallest absolute Gasteiger partial charge is 0.233 e. The number of rotatable bonds is 6. The Morgan fingerprint density at radius 2 is 1.04 bits per heavy atom. The maximum atomic E-state index is 11.8. The second-order valence-corrected chi connectivity index (χ2v) is 5.38. The summed E-state index contributed by atoms with van der Waals surface area (Å²) in [6.07, 6.45) is 0. The van der Waals surface area contributed by atoms with Crippen LogP contribution in [0.1, 0.15) is 34.6 Å². The number of Topliss-reactive ketones (excluding diaryl/α,β-unsaturated/α-hetero) is 2. The van der Waals surface area contributed by atoms with Crippen molar-refractivity contribution >= 4 is 11.6 Å². The molecule has 2 aromatic carbocycles. The normalized spacial score (nSPS) is 10.2. The number of nitrogens with zero attached hydrogens (tertiary/aromatic N) is 2. The van der Waals surface area contributed by atoms with Gasteiger partial charge in [0.2, 0.25) is 11.6 Å². The van der Waals surface area contributed by atoms with Gasteiger partial charge in [-0.05, 0) is 0 Å². The lowest BCUT2D eigenvalue weighted by Crippen LogP contribution is -2.36. The average molecular weight is 326 g/mol. The van der Waals surface area contributed by atoms with Crippen LogP contribution in [0.15, 0.2) is 60.7 Å². The van der Waals surface area contributed by atoms with Crippen LogP contribution in [0.2, 0.25) is 0 Å². The molecule has 0 spiro atoms. The molecule has 128 valence electrons. The second-order valence-electron chi connectivity index (χ2n) is 5.38. The molecular formula is C20H26N2O2. The first kappa shape index (κ1) is 19.7. The van der Waals surface area contributed by atoms with Crippen LogP contribution in [-0.2, 0) is 0 Å². The van der Waals surface area contributed by atoms with Crippen molar-refractivity contribution < 1.29 is 9.59 Å². The van der Waals surface area contributed by atoms with Crippen LogP contribution in [0.25, 0.3) is 0 Å². The predicted octanol–water partition coefficient (Wildman–Crippen LogP) is 3.56. The molecule has 0 aliphatic rings. The summed E-state index contributed by atoms with van der Waals surface area (Å²) in [5.74, 6) is -0.932. The summed E-state index contributed by atoms with van der Waals surface area (Å²) in [5.41, 5.74) is 0.854. The fourth-order valence-corrected chi connectivity index (χ4v) is 2.23. The number of hydrogen-bond acceptors (Lipinski definition) is 4. The molecule has 0 radical (unpaired) electrons. The molecule has 2 rings (SSSR count). The van der Waals surface area contributed by atoms with Crippen molar-refractivity contribution in [1.29, 1.82) is 0 Å². The Balaban J connectivity index is 0.000000307. The third-order valence-corrected chi connectivity index (χ3v) is 3.57. The second kappa shape index (κ2) is 10.5. The van der Waals surface area contributed by atoms with Crippen molar-refractivity contribution in [2.24, 2.45) is 0 Å². The molecule has 0 amide bonds. The van der Waals surface area contributed by atoms with E-state index in [-0.39, 0.29) is 0 Å². The topological polar surface area (TPSA) is 40.6 Å². The molecule has 0 atom stereocenters. The average Bonchev–Trinajstić information content (AvgIpc) is 2.63. The molecule has 0 aliphatic heterocycles. The van der Waals surface area contributed by atoms with Gasteiger partial charge >= 0.3 is 0 Å². The molecule has 4 nitrogen and oxygen atoms in total. The molecule has 0 N–H and O–H groups in total. The summed E-state index contributed by atoms with van der Waals surface area (Å²) in [6.45, 7) is 6.51. The highest BCUT2D eigenvalue weighted by Gasteiger charge is 2.16. The highest BCUT2D eigenvalue weighted by molar-refractivity contribution is 6.49. The van der Waals surface area contributed by atoms with Crippen LogP contribution in [-0.4, -0.2) is 48.8 Å². The van der Waals surface area contributed by atoms with Crippen LogP contribution >= 0.6 is 0 Å². The van der Waals surface area contributed by atoms with Gasteiger partial charge in [-0.3, -0.25) is 9.59 Å². The van der Waals surface area contributed by atoms with Gasteiger partial charge in [-0.25, -0.2) is 10.0 Å². The molecule has 0 saturated heterocycles. The van der Waals surface area contributed by atoms with Crippen molar-refractivity contribution in [1.82, 2.24) is 10.0 Å². The number of benzene rings is 2. The summed E-state index contributed by atoms with van der Waals surface area (Å²) in [6, 6.07) is 17.2. The first-order valence-corrected chi connectivity index (χ1v) is 8.12. The van der Waals surface area contributed by atoms with Gasteiger partial charge in [0.1, 0.15) is 0 Å². The van der Waals surface area contributed by atoms with Crippen LogP contribution in [0.3, 0.4) is 0 Å². The van der Waals surface area contributed by atoms with Gasteiger partial charge in [0.05, 0.1) is 0 Å². The van der Waals surface area contributed by atoms with E-state index < -0.39 is 11.6 Å². The molecule has 0 unspecified atom stereocenters. The van der Waals surface area contributed by atoms with Gasteiger partial charge in [-0.15, -0.1) is 0 Å². The minimum absolute atomic E-state index is 0.427. The SMILES string of the molecule is CCN(CC)N(C)C.O=C(C(=O)c1ccccc1)c1ccccc1. The van der Waals surface area contributed by atoms with E-state index >= 15 is 0 Å². The number of carbonyl (C=O) groups is 2. The van der Waals surface area contributed by atoms with Gasteiger partial charge in [0.15, 0.2) is 0 Å². The minimum Gasteiger partial charge on any atom is -0.285 e. The minimum atomic E-state index is -0.466. The Hall–Kier alpha value is -2.30. The van der Waals surface area contributed by atoms with Gasteiger partial charge in [0.25, 0.3) is 0 Å². The highest BCUT2D eigenvalue weighted by atomic mass is 16.2. The lowest BCUT2D eigenvalue weighted by Gasteiger charge is -2.25. The summed E-state index contributed by atoms with van der Waals surface area (Å²) in [7, 11) is 4.12. The fraction of sp³-hybridized carbons (Fsp3) is 0.300. The zero-order chi connectivity index (χ0) is 17.9. The van der Waals surface area contributed by atoms with Crippen molar-refractivity contribution in [2.45, 2.75) is 13.8 Å². The zero-order valence-corrected chi connectivity index (χ0v) is 14.9. The van der Waals surface area contributed by atoms with Gasteiger partial charge < -0.3 is 0 Å². The largest absolute Gasteiger partial charge is 0.285 e. The lowest BCUT2D eigenvalue weighted by molar-refractivity contribution is 0.0373. The molecule has 2 aromatic rings. The molecule has 0 fully saturated rings. The molecule has 0 aliphatic carbocycles. The van der Waals surface area contributed by atoms with Crippen molar-refractivity contribution in [3.05, 3.63) is 71.8 Å². The summed E-state index contributed by atoms with van der Waals surface area (Å²) in [4.78, 5) is 23.6. The first-order chi connectivity index (χ1) is 11.5. The van der Waals surface area contributed by atoms with E-state index in [1.165, 1.54) is 0 Å². The highest BCUT2D eigenvalue weighted by Crippen LogP contribution is 2.07. The molecule has 0 saturated carbocycles. The summed E-state index contributed by atoms with van der Waals surface area (Å²) in [5, 5.41) is 4.36. The Morgan fingerprint density at radius 1 is 0.708 bits per heavy atom. The van der Waals surface area contributed by atoms with E-state index in [2.05, 4.69) is 38.0 Å². The first-order valence-electron chi connectivity index (χ1n) is 8.12. The standard InChI is InChI=1S/C14H10O2.C6H16N2/c15-13(11-7-3-1-4-8-11)14(16)12-9-5-2-6-10-12;1-5-8(6-2)7(3)4/h1-10H;5-6H2,1-4H3. The maximum absolute atomic E-state index is 11.8. The molecule has 0 bridgehead atoms. The van der Waals surface area contributed by atoms with Gasteiger partial charge in [-0.2, -0.15) is 0 Å². The van der Waals surface area contributed by atoms with Crippen LogP contribution in [0, 0.1) is 0 Å². The molecule has 0 aromatic heterocycles. The quantitative estimate of drug-likeness (QED) is 0.462. The van der Waals surface area contributed by atoms with E-state index in [0.29, 0.717) is 11.1 Å². The van der Waals surface area contributed by atoms with E-state index in [1.807, 2.05) is 12.1 Å². The van der Waals surface area contributed by atoms with E-state index in [4.69, 9.17) is 0 Å². The zero-order valence-electron chi connectivity index (χ0n) is 14.9.